The summed E-state index contributed by atoms with van der Waals surface area (Å²) >= 11 is 0. The maximum atomic E-state index is 13.8. The van der Waals surface area contributed by atoms with Crippen molar-refractivity contribution in [1.82, 2.24) is 0 Å². The van der Waals surface area contributed by atoms with Gasteiger partial charge in [-0.25, -0.2) is 0 Å². The van der Waals surface area contributed by atoms with Gasteiger partial charge < -0.3 is 10.2 Å². The van der Waals surface area contributed by atoms with Gasteiger partial charge in [0.15, 0.2) is 0 Å². The monoisotopic (exact) mass is 526 g/mol. The Morgan fingerprint density at radius 1 is 0.919 bits per heavy atom. The molecule has 0 radical (unpaired) electrons. The van der Waals surface area contributed by atoms with Crippen molar-refractivity contribution in [3.05, 3.63) is 58.7 Å². The third-order valence-electron chi connectivity index (χ3n) is 7.60. The van der Waals surface area contributed by atoms with Gasteiger partial charge in [-0.2, -0.15) is 26.3 Å². The number of rotatable bonds is 4. The summed E-state index contributed by atoms with van der Waals surface area (Å²) in [6.45, 7) is 3.70. The number of carbonyl (C=O) groups is 2. The molecule has 200 valence electrons. The summed E-state index contributed by atoms with van der Waals surface area (Å²) in [7, 11) is 0. The molecule has 2 aromatic rings. The summed E-state index contributed by atoms with van der Waals surface area (Å²) in [5.74, 6) is -1.25. The number of halogens is 6. The quantitative estimate of drug-likeness (QED) is 0.426. The first kappa shape index (κ1) is 27.0. The van der Waals surface area contributed by atoms with Crippen LogP contribution in [0.5, 0.6) is 0 Å². The van der Waals surface area contributed by atoms with E-state index in [-0.39, 0.29) is 30.9 Å². The lowest BCUT2D eigenvalue weighted by molar-refractivity contribution is -0.143. The second kappa shape index (κ2) is 9.68. The molecule has 2 aliphatic rings. The van der Waals surface area contributed by atoms with Crippen LogP contribution >= 0.6 is 0 Å². The Kier molecular flexibility index (Phi) is 7.07. The molecule has 1 N–H and O–H groups in total. The van der Waals surface area contributed by atoms with Crippen molar-refractivity contribution in [1.29, 1.82) is 0 Å². The van der Waals surface area contributed by atoms with Crippen molar-refractivity contribution in [2.24, 2.45) is 11.3 Å². The Bertz CT molecular complexity index is 1150. The van der Waals surface area contributed by atoms with Crippen LogP contribution in [0, 0.1) is 25.2 Å². The van der Waals surface area contributed by atoms with E-state index in [1.165, 1.54) is 0 Å². The first-order valence-corrected chi connectivity index (χ1v) is 12.2. The van der Waals surface area contributed by atoms with E-state index in [0.717, 1.165) is 30.4 Å². The average Bonchev–Trinajstić information content (AvgIpc) is 3.16. The summed E-state index contributed by atoms with van der Waals surface area (Å²) < 4.78 is 80.3. The summed E-state index contributed by atoms with van der Waals surface area (Å²) in [4.78, 5) is 28.7. The molecule has 0 aromatic heterocycles. The molecular formula is C27H28F6N2O2. The van der Waals surface area contributed by atoms with Crippen LogP contribution in [-0.2, 0) is 21.9 Å². The standard InChI is InChI=1S/C27H28F6N2O2/c1-16-7-6-8-17(2)23(16)35-15-25(14-22(35)36,18-9-4-3-5-10-18)24(37)34-21-12-19(26(28,29)30)11-20(13-21)27(31,32)33/h6-8,11-13,18H,3-5,9-10,14-15H2,1-2H3,(H,34,37). The van der Waals surface area contributed by atoms with Crippen molar-refractivity contribution < 1.29 is 35.9 Å². The first-order chi connectivity index (χ1) is 17.2. The minimum Gasteiger partial charge on any atom is -0.326 e. The van der Waals surface area contributed by atoms with E-state index >= 15 is 0 Å². The van der Waals surface area contributed by atoms with Crippen molar-refractivity contribution in [3.63, 3.8) is 0 Å². The fourth-order valence-corrected chi connectivity index (χ4v) is 5.78. The van der Waals surface area contributed by atoms with Gasteiger partial charge in [0.2, 0.25) is 11.8 Å². The fourth-order valence-electron chi connectivity index (χ4n) is 5.78. The molecule has 0 bridgehead atoms. The predicted octanol–water partition coefficient (Wildman–Crippen LogP) is 7.28. The van der Waals surface area contributed by atoms with Crippen LogP contribution in [0.3, 0.4) is 0 Å². The zero-order valence-electron chi connectivity index (χ0n) is 20.5. The SMILES string of the molecule is Cc1cccc(C)c1N1CC(C(=O)Nc2cc(C(F)(F)F)cc(C(F)(F)F)c2)(C2CCCCC2)CC1=O. The maximum absolute atomic E-state index is 13.8. The van der Waals surface area contributed by atoms with Crippen LogP contribution in [0.25, 0.3) is 0 Å². The van der Waals surface area contributed by atoms with Crippen LogP contribution in [0.1, 0.15) is 60.8 Å². The van der Waals surface area contributed by atoms with Crippen molar-refractivity contribution >= 4 is 23.2 Å². The third-order valence-corrected chi connectivity index (χ3v) is 7.60. The molecule has 37 heavy (non-hydrogen) atoms. The maximum Gasteiger partial charge on any atom is 0.416 e. The Hall–Kier alpha value is -3.04. The van der Waals surface area contributed by atoms with Crippen LogP contribution in [0.15, 0.2) is 36.4 Å². The Balaban J connectivity index is 1.74. The Morgan fingerprint density at radius 2 is 1.46 bits per heavy atom. The Labute approximate surface area is 211 Å². The van der Waals surface area contributed by atoms with E-state index in [9.17, 15) is 35.9 Å². The van der Waals surface area contributed by atoms with Gasteiger partial charge in [-0.05, 0) is 61.9 Å². The van der Waals surface area contributed by atoms with Gasteiger partial charge in [0.05, 0.1) is 16.5 Å². The van der Waals surface area contributed by atoms with Gasteiger partial charge >= 0.3 is 12.4 Å². The van der Waals surface area contributed by atoms with E-state index < -0.39 is 40.5 Å². The highest BCUT2D eigenvalue weighted by atomic mass is 19.4. The molecule has 2 fully saturated rings. The van der Waals surface area contributed by atoms with Gasteiger partial charge in [0.25, 0.3) is 0 Å². The number of hydrogen-bond acceptors (Lipinski definition) is 2. The highest BCUT2D eigenvalue weighted by molar-refractivity contribution is 6.06. The molecule has 2 amide bonds. The fraction of sp³-hybridized carbons (Fsp3) is 0.481. The van der Waals surface area contributed by atoms with Crippen LogP contribution in [-0.4, -0.2) is 18.4 Å². The number of nitrogens with zero attached hydrogens (tertiary/aromatic N) is 1. The number of benzene rings is 2. The number of aryl methyl sites for hydroxylation is 2. The summed E-state index contributed by atoms with van der Waals surface area (Å²) in [5, 5.41) is 2.35. The summed E-state index contributed by atoms with van der Waals surface area (Å²) in [6.07, 6.45) is -6.31. The zero-order valence-corrected chi connectivity index (χ0v) is 20.5. The van der Waals surface area contributed by atoms with Gasteiger partial charge in [0.1, 0.15) is 0 Å². The largest absolute Gasteiger partial charge is 0.416 e. The van der Waals surface area contributed by atoms with Crippen molar-refractivity contribution in [2.45, 2.75) is 64.7 Å². The highest BCUT2D eigenvalue weighted by Gasteiger charge is 2.54. The van der Waals surface area contributed by atoms with Crippen molar-refractivity contribution in [3.8, 4) is 0 Å². The van der Waals surface area contributed by atoms with E-state index in [2.05, 4.69) is 5.32 Å². The number of alkyl halides is 6. The second-order valence-corrected chi connectivity index (χ2v) is 10.1. The highest BCUT2D eigenvalue weighted by Crippen LogP contribution is 2.48. The molecule has 4 nitrogen and oxygen atoms in total. The molecule has 1 saturated carbocycles. The van der Waals surface area contributed by atoms with Gasteiger partial charge in [-0.1, -0.05) is 37.5 Å². The number of amides is 2. The minimum atomic E-state index is -5.04. The molecule has 4 rings (SSSR count). The Morgan fingerprint density at radius 3 is 1.97 bits per heavy atom. The number of anilines is 2. The van der Waals surface area contributed by atoms with E-state index in [0.29, 0.717) is 30.7 Å². The van der Waals surface area contributed by atoms with E-state index in [1.807, 2.05) is 32.0 Å². The minimum absolute atomic E-state index is 0.0130. The lowest BCUT2D eigenvalue weighted by Crippen LogP contribution is -2.45. The summed E-state index contributed by atoms with van der Waals surface area (Å²) in [5.41, 5.74) is -2.55. The molecule has 10 heteroatoms. The van der Waals surface area contributed by atoms with Gasteiger partial charge in [-0.15, -0.1) is 0 Å². The number of carbonyl (C=O) groups excluding carboxylic acids is 2. The van der Waals surface area contributed by atoms with Crippen LogP contribution in [0.2, 0.25) is 0 Å². The number of hydrogen-bond donors (Lipinski definition) is 1. The molecular weight excluding hydrogens is 498 g/mol. The number of para-hydroxylation sites is 1. The van der Waals surface area contributed by atoms with Gasteiger partial charge in [0, 0.05) is 24.3 Å². The average molecular weight is 527 g/mol. The molecule has 1 unspecified atom stereocenters. The molecule has 1 atom stereocenters. The predicted molar refractivity (Wildman–Crippen MR) is 127 cm³/mol. The first-order valence-electron chi connectivity index (χ1n) is 12.2. The van der Waals surface area contributed by atoms with Crippen LogP contribution < -0.4 is 10.2 Å². The van der Waals surface area contributed by atoms with Crippen LogP contribution in [0.4, 0.5) is 37.7 Å². The van der Waals surface area contributed by atoms with Crippen molar-refractivity contribution in [2.75, 3.05) is 16.8 Å². The smallest absolute Gasteiger partial charge is 0.326 e. The van der Waals surface area contributed by atoms with Gasteiger partial charge in [-0.3, -0.25) is 9.59 Å². The lowest BCUT2D eigenvalue weighted by atomic mass is 9.67. The number of nitrogens with one attached hydrogen (secondary N) is 1. The molecule has 1 heterocycles. The normalized spacial score (nSPS) is 21.4. The summed E-state index contributed by atoms with van der Waals surface area (Å²) in [6, 6.07) is 6.56. The molecule has 1 saturated heterocycles. The molecule has 1 aliphatic heterocycles. The third kappa shape index (κ3) is 5.33. The molecule has 0 spiro atoms. The molecule has 2 aromatic carbocycles. The second-order valence-electron chi connectivity index (χ2n) is 10.1. The zero-order chi connectivity index (χ0) is 27.2. The topological polar surface area (TPSA) is 49.4 Å². The van der Waals surface area contributed by atoms with E-state index in [4.69, 9.17) is 0 Å². The lowest BCUT2D eigenvalue weighted by Gasteiger charge is -2.38. The molecule has 1 aliphatic carbocycles. The van der Waals surface area contributed by atoms with E-state index in [1.54, 1.807) is 4.90 Å².